The number of rotatable bonds is 6. The Kier molecular flexibility index (Phi) is 4.63. The van der Waals surface area contributed by atoms with E-state index in [9.17, 15) is 4.79 Å². The first-order valence-corrected chi connectivity index (χ1v) is 8.08. The van der Waals surface area contributed by atoms with E-state index in [1.54, 1.807) is 0 Å². The van der Waals surface area contributed by atoms with Crippen LogP contribution >= 0.6 is 0 Å². The molecule has 23 heavy (non-hydrogen) atoms. The SMILES string of the molecule is CCNCCCOc1cccc2c1c(=O)c1ccccc1n2C. The van der Waals surface area contributed by atoms with Crippen LogP contribution in [0.15, 0.2) is 47.3 Å². The Morgan fingerprint density at radius 1 is 1.09 bits per heavy atom. The summed E-state index contributed by atoms with van der Waals surface area (Å²) < 4.78 is 7.95. The van der Waals surface area contributed by atoms with Crippen LogP contribution in [0.3, 0.4) is 0 Å². The number of ether oxygens (including phenoxy) is 1. The highest BCUT2D eigenvalue weighted by Crippen LogP contribution is 2.25. The molecule has 0 amide bonds. The maximum Gasteiger partial charge on any atom is 0.200 e. The van der Waals surface area contributed by atoms with Crippen molar-refractivity contribution in [3.05, 3.63) is 52.7 Å². The zero-order valence-electron chi connectivity index (χ0n) is 13.6. The minimum Gasteiger partial charge on any atom is -0.493 e. The van der Waals surface area contributed by atoms with E-state index in [1.807, 2.05) is 49.5 Å². The predicted octanol–water partition coefficient (Wildman–Crippen LogP) is 3.07. The van der Waals surface area contributed by atoms with Crippen LogP contribution in [0.25, 0.3) is 21.8 Å². The van der Waals surface area contributed by atoms with Crippen molar-refractivity contribution in [2.75, 3.05) is 19.7 Å². The quantitative estimate of drug-likeness (QED) is 0.562. The van der Waals surface area contributed by atoms with Crippen molar-refractivity contribution in [1.29, 1.82) is 0 Å². The number of pyridine rings is 1. The molecule has 0 saturated heterocycles. The Bertz CT molecular complexity index is 884. The number of nitrogens with zero attached hydrogens (tertiary/aromatic N) is 1. The van der Waals surface area contributed by atoms with E-state index in [0.29, 0.717) is 17.7 Å². The van der Waals surface area contributed by atoms with E-state index in [-0.39, 0.29) is 5.43 Å². The van der Waals surface area contributed by atoms with Gasteiger partial charge in [-0.3, -0.25) is 4.79 Å². The van der Waals surface area contributed by atoms with Crippen LogP contribution in [0, 0.1) is 0 Å². The van der Waals surface area contributed by atoms with Gasteiger partial charge in [0.25, 0.3) is 0 Å². The average Bonchev–Trinajstić information content (AvgIpc) is 2.59. The Labute approximate surface area is 135 Å². The van der Waals surface area contributed by atoms with Crippen molar-refractivity contribution in [3.8, 4) is 5.75 Å². The normalized spacial score (nSPS) is 11.2. The zero-order chi connectivity index (χ0) is 16.2. The van der Waals surface area contributed by atoms with Crippen LogP contribution in [0.1, 0.15) is 13.3 Å². The topological polar surface area (TPSA) is 43.3 Å². The molecule has 0 saturated carbocycles. The fraction of sp³-hybridized carbons (Fsp3) is 0.316. The second-order valence-corrected chi connectivity index (χ2v) is 5.61. The summed E-state index contributed by atoms with van der Waals surface area (Å²) >= 11 is 0. The monoisotopic (exact) mass is 310 g/mol. The summed E-state index contributed by atoms with van der Waals surface area (Å²) in [5.74, 6) is 0.672. The number of aryl methyl sites for hydroxylation is 1. The molecule has 4 nitrogen and oxygen atoms in total. The van der Waals surface area contributed by atoms with Gasteiger partial charge in [-0.25, -0.2) is 0 Å². The summed E-state index contributed by atoms with van der Waals surface area (Å²) in [6, 6.07) is 13.5. The second-order valence-electron chi connectivity index (χ2n) is 5.61. The molecule has 4 heteroatoms. The first-order chi connectivity index (χ1) is 11.2. The Balaban J connectivity index is 2.05. The first-order valence-electron chi connectivity index (χ1n) is 8.08. The maximum atomic E-state index is 12.9. The van der Waals surface area contributed by atoms with Gasteiger partial charge < -0.3 is 14.6 Å². The number of hydrogen-bond acceptors (Lipinski definition) is 3. The third-order valence-corrected chi connectivity index (χ3v) is 4.11. The van der Waals surface area contributed by atoms with E-state index < -0.39 is 0 Å². The second kappa shape index (κ2) is 6.84. The van der Waals surface area contributed by atoms with Gasteiger partial charge in [0.1, 0.15) is 5.75 Å². The smallest absolute Gasteiger partial charge is 0.200 e. The van der Waals surface area contributed by atoms with E-state index in [2.05, 4.69) is 16.8 Å². The zero-order valence-corrected chi connectivity index (χ0v) is 13.6. The molecule has 0 bridgehead atoms. The molecule has 0 atom stereocenters. The summed E-state index contributed by atoms with van der Waals surface area (Å²) in [4.78, 5) is 12.9. The highest BCUT2D eigenvalue weighted by molar-refractivity contribution is 5.96. The summed E-state index contributed by atoms with van der Waals surface area (Å²) in [6.07, 6.45) is 0.915. The van der Waals surface area contributed by atoms with Crippen molar-refractivity contribution in [3.63, 3.8) is 0 Å². The molecule has 0 radical (unpaired) electrons. The standard InChI is InChI=1S/C19H22N2O2/c1-3-20-12-7-13-23-17-11-6-10-16-18(17)19(22)14-8-4-5-9-15(14)21(16)2/h4-6,8-11,20H,3,7,12-13H2,1-2H3. The van der Waals surface area contributed by atoms with Crippen LogP contribution in [-0.2, 0) is 7.05 Å². The van der Waals surface area contributed by atoms with Gasteiger partial charge in [0, 0.05) is 12.4 Å². The maximum absolute atomic E-state index is 12.9. The Morgan fingerprint density at radius 2 is 1.87 bits per heavy atom. The van der Waals surface area contributed by atoms with Gasteiger partial charge in [0.15, 0.2) is 0 Å². The lowest BCUT2D eigenvalue weighted by Crippen LogP contribution is -2.17. The summed E-state index contributed by atoms with van der Waals surface area (Å²) in [5, 5.41) is 4.66. The third kappa shape index (κ3) is 2.94. The fourth-order valence-corrected chi connectivity index (χ4v) is 2.93. The molecule has 0 spiro atoms. The molecule has 0 unspecified atom stereocenters. The van der Waals surface area contributed by atoms with Gasteiger partial charge in [0.2, 0.25) is 5.43 Å². The highest BCUT2D eigenvalue weighted by atomic mass is 16.5. The van der Waals surface area contributed by atoms with E-state index in [0.717, 1.165) is 35.9 Å². The molecule has 2 aromatic carbocycles. The Morgan fingerprint density at radius 3 is 2.70 bits per heavy atom. The van der Waals surface area contributed by atoms with E-state index >= 15 is 0 Å². The molecular formula is C19H22N2O2. The Hall–Kier alpha value is -2.33. The van der Waals surface area contributed by atoms with Crippen molar-refractivity contribution in [1.82, 2.24) is 9.88 Å². The molecule has 120 valence electrons. The molecule has 0 fully saturated rings. The number of hydrogen-bond donors (Lipinski definition) is 1. The number of nitrogens with one attached hydrogen (secondary N) is 1. The van der Waals surface area contributed by atoms with Gasteiger partial charge in [0.05, 0.1) is 23.0 Å². The predicted molar refractivity (Wildman–Crippen MR) is 95.4 cm³/mol. The van der Waals surface area contributed by atoms with Gasteiger partial charge >= 0.3 is 0 Å². The molecule has 3 rings (SSSR count). The summed E-state index contributed by atoms with van der Waals surface area (Å²) in [5.41, 5.74) is 1.88. The van der Waals surface area contributed by atoms with E-state index in [4.69, 9.17) is 4.74 Å². The van der Waals surface area contributed by atoms with Crippen LogP contribution in [0.5, 0.6) is 5.75 Å². The summed E-state index contributed by atoms with van der Waals surface area (Å²) in [6.45, 7) is 4.56. The fourth-order valence-electron chi connectivity index (χ4n) is 2.93. The van der Waals surface area contributed by atoms with Crippen LogP contribution < -0.4 is 15.5 Å². The third-order valence-electron chi connectivity index (χ3n) is 4.11. The molecule has 1 N–H and O–H groups in total. The lowest BCUT2D eigenvalue weighted by Gasteiger charge is -2.14. The molecule has 0 aliphatic heterocycles. The first kappa shape index (κ1) is 15.6. The van der Waals surface area contributed by atoms with Crippen LogP contribution in [-0.4, -0.2) is 24.3 Å². The number of para-hydroxylation sites is 1. The van der Waals surface area contributed by atoms with Crippen molar-refractivity contribution in [2.45, 2.75) is 13.3 Å². The lowest BCUT2D eigenvalue weighted by molar-refractivity contribution is 0.312. The summed E-state index contributed by atoms with van der Waals surface area (Å²) in [7, 11) is 1.99. The molecule has 0 aliphatic rings. The molecule has 3 aromatic rings. The van der Waals surface area contributed by atoms with Crippen LogP contribution in [0.2, 0.25) is 0 Å². The minimum atomic E-state index is 0.0379. The molecule has 1 heterocycles. The molecule has 1 aromatic heterocycles. The van der Waals surface area contributed by atoms with Gasteiger partial charge in [-0.1, -0.05) is 25.1 Å². The van der Waals surface area contributed by atoms with Gasteiger partial charge in [-0.15, -0.1) is 0 Å². The van der Waals surface area contributed by atoms with Crippen molar-refractivity contribution in [2.24, 2.45) is 7.05 Å². The van der Waals surface area contributed by atoms with E-state index in [1.165, 1.54) is 0 Å². The van der Waals surface area contributed by atoms with Crippen molar-refractivity contribution < 1.29 is 4.74 Å². The number of fused-ring (bicyclic) bond motifs is 2. The van der Waals surface area contributed by atoms with Crippen molar-refractivity contribution >= 4 is 21.8 Å². The largest absolute Gasteiger partial charge is 0.493 e. The average molecular weight is 310 g/mol. The van der Waals surface area contributed by atoms with Gasteiger partial charge in [-0.2, -0.15) is 0 Å². The highest BCUT2D eigenvalue weighted by Gasteiger charge is 2.12. The van der Waals surface area contributed by atoms with Crippen LogP contribution in [0.4, 0.5) is 0 Å². The minimum absolute atomic E-state index is 0.0379. The van der Waals surface area contributed by atoms with Gasteiger partial charge in [-0.05, 0) is 43.8 Å². The lowest BCUT2D eigenvalue weighted by atomic mass is 10.1. The number of aromatic nitrogens is 1. The molecular weight excluding hydrogens is 288 g/mol. The number of benzene rings is 2. The molecule has 0 aliphatic carbocycles.